The molecule has 0 saturated heterocycles. The third-order valence-corrected chi connectivity index (χ3v) is 4.08. The Balaban J connectivity index is 2.11. The van der Waals surface area contributed by atoms with Crippen molar-refractivity contribution in [1.29, 1.82) is 0 Å². The summed E-state index contributed by atoms with van der Waals surface area (Å²) in [5, 5.41) is 5.81. The van der Waals surface area contributed by atoms with Crippen LogP contribution in [0.4, 0.5) is 5.69 Å². The molecule has 0 aliphatic heterocycles. The fraction of sp³-hybridized carbons (Fsp3) is 0.176. The van der Waals surface area contributed by atoms with Crippen LogP contribution in [-0.4, -0.2) is 25.0 Å². The molecule has 0 heterocycles. The molecule has 2 N–H and O–H groups in total. The Bertz CT molecular complexity index is 767. The summed E-state index contributed by atoms with van der Waals surface area (Å²) >= 11 is 9.22. The van der Waals surface area contributed by atoms with Crippen LogP contribution in [0.25, 0.3) is 0 Å². The molecule has 0 radical (unpaired) electrons. The lowest BCUT2D eigenvalue weighted by atomic mass is 10.1. The highest BCUT2D eigenvalue weighted by Crippen LogP contribution is 2.29. The van der Waals surface area contributed by atoms with Gasteiger partial charge in [0, 0.05) is 12.1 Å². The zero-order valence-electron chi connectivity index (χ0n) is 13.1. The van der Waals surface area contributed by atoms with Crippen molar-refractivity contribution < 1.29 is 14.3 Å². The molecule has 2 aromatic carbocycles. The minimum absolute atomic E-state index is 0.278. The van der Waals surface area contributed by atoms with E-state index < -0.39 is 6.10 Å². The fourth-order valence-corrected chi connectivity index (χ4v) is 2.75. The summed E-state index contributed by atoms with van der Waals surface area (Å²) in [7, 11) is 1.53. The van der Waals surface area contributed by atoms with Crippen molar-refractivity contribution in [1.82, 2.24) is 5.32 Å². The van der Waals surface area contributed by atoms with Gasteiger partial charge >= 0.3 is 0 Å². The highest BCUT2D eigenvalue weighted by molar-refractivity contribution is 9.10. The second kappa shape index (κ2) is 8.17. The van der Waals surface area contributed by atoms with E-state index in [-0.39, 0.29) is 11.8 Å². The fourth-order valence-electron chi connectivity index (χ4n) is 1.97. The summed E-state index contributed by atoms with van der Waals surface area (Å²) in [6.07, 6.45) is -0.764. The van der Waals surface area contributed by atoms with Gasteiger partial charge in [0.25, 0.3) is 11.8 Å². The van der Waals surface area contributed by atoms with Crippen LogP contribution < -0.4 is 15.4 Å². The van der Waals surface area contributed by atoms with E-state index in [9.17, 15) is 9.59 Å². The first-order valence-electron chi connectivity index (χ1n) is 7.16. The molecule has 126 valence electrons. The average Bonchev–Trinajstić information content (AvgIpc) is 2.57. The van der Waals surface area contributed by atoms with Crippen LogP contribution in [0, 0.1) is 0 Å². The SMILES string of the molecule is CNC(=O)c1ccccc1NC(=O)C(C)Oc1ccc(Cl)cc1Br. The van der Waals surface area contributed by atoms with Gasteiger partial charge in [-0.15, -0.1) is 0 Å². The molecule has 2 rings (SSSR count). The van der Waals surface area contributed by atoms with Gasteiger partial charge in [0.15, 0.2) is 6.10 Å². The Morgan fingerprint density at radius 2 is 1.92 bits per heavy atom. The van der Waals surface area contributed by atoms with Crippen molar-refractivity contribution in [2.24, 2.45) is 0 Å². The second-order valence-corrected chi connectivity index (χ2v) is 6.24. The Morgan fingerprint density at radius 1 is 1.21 bits per heavy atom. The van der Waals surface area contributed by atoms with Gasteiger partial charge in [0.2, 0.25) is 0 Å². The first kappa shape index (κ1) is 18.3. The summed E-state index contributed by atoms with van der Waals surface area (Å²) in [5.41, 5.74) is 0.806. The molecule has 5 nitrogen and oxygen atoms in total. The highest BCUT2D eigenvalue weighted by atomic mass is 79.9. The highest BCUT2D eigenvalue weighted by Gasteiger charge is 2.19. The number of halogens is 2. The van der Waals surface area contributed by atoms with Crippen molar-refractivity contribution in [3.8, 4) is 5.75 Å². The molecule has 0 bridgehead atoms. The van der Waals surface area contributed by atoms with Gasteiger partial charge in [-0.3, -0.25) is 9.59 Å². The largest absolute Gasteiger partial charge is 0.480 e. The molecule has 0 aliphatic carbocycles. The Kier molecular flexibility index (Phi) is 6.23. The van der Waals surface area contributed by atoms with Gasteiger partial charge in [0.05, 0.1) is 15.7 Å². The normalized spacial score (nSPS) is 11.5. The Labute approximate surface area is 153 Å². The van der Waals surface area contributed by atoms with Crippen LogP contribution in [0.3, 0.4) is 0 Å². The molecule has 1 atom stereocenters. The third-order valence-electron chi connectivity index (χ3n) is 3.22. The van der Waals surface area contributed by atoms with Gasteiger partial charge < -0.3 is 15.4 Å². The van der Waals surface area contributed by atoms with Crippen molar-refractivity contribution in [2.75, 3.05) is 12.4 Å². The molecule has 1 unspecified atom stereocenters. The maximum absolute atomic E-state index is 12.3. The summed E-state index contributed by atoms with van der Waals surface area (Å²) in [4.78, 5) is 24.2. The van der Waals surface area contributed by atoms with Crippen molar-refractivity contribution in [3.63, 3.8) is 0 Å². The lowest BCUT2D eigenvalue weighted by Gasteiger charge is -2.17. The number of para-hydroxylation sites is 1. The third kappa shape index (κ3) is 4.49. The first-order valence-corrected chi connectivity index (χ1v) is 8.33. The van der Waals surface area contributed by atoms with E-state index in [1.807, 2.05) is 0 Å². The molecular formula is C17H16BrClN2O3. The first-order chi connectivity index (χ1) is 11.4. The van der Waals surface area contributed by atoms with Crippen molar-refractivity contribution >= 4 is 45.0 Å². The van der Waals surface area contributed by atoms with E-state index in [0.29, 0.717) is 26.5 Å². The van der Waals surface area contributed by atoms with Gasteiger partial charge in [-0.1, -0.05) is 23.7 Å². The standard InChI is InChI=1S/C17H16BrClN2O3/c1-10(24-15-8-7-11(19)9-13(15)18)16(22)21-14-6-4-3-5-12(14)17(23)20-2/h3-10H,1-2H3,(H,20,23)(H,21,22). The molecule has 0 fully saturated rings. The van der Waals surface area contributed by atoms with Crippen LogP contribution in [-0.2, 0) is 4.79 Å². The summed E-state index contributed by atoms with van der Waals surface area (Å²) in [5.74, 6) is -0.144. The lowest BCUT2D eigenvalue weighted by molar-refractivity contribution is -0.122. The molecule has 7 heteroatoms. The molecule has 0 aromatic heterocycles. The zero-order chi connectivity index (χ0) is 17.7. The van der Waals surface area contributed by atoms with Gasteiger partial charge in [0.1, 0.15) is 5.75 Å². The number of carbonyl (C=O) groups excluding carboxylic acids is 2. The molecule has 2 amide bonds. The minimum Gasteiger partial charge on any atom is -0.480 e. The van der Waals surface area contributed by atoms with Crippen LogP contribution in [0.2, 0.25) is 5.02 Å². The van der Waals surface area contributed by atoms with E-state index in [1.165, 1.54) is 7.05 Å². The van der Waals surface area contributed by atoms with Crippen LogP contribution in [0.15, 0.2) is 46.9 Å². The van der Waals surface area contributed by atoms with E-state index in [4.69, 9.17) is 16.3 Å². The van der Waals surface area contributed by atoms with E-state index in [2.05, 4.69) is 26.6 Å². The second-order valence-electron chi connectivity index (χ2n) is 4.95. The maximum Gasteiger partial charge on any atom is 0.265 e. The van der Waals surface area contributed by atoms with Gasteiger partial charge in [-0.05, 0) is 53.2 Å². The Hall–Kier alpha value is -2.05. The number of ether oxygens (including phenoxy) is 1. The number of amides is 2. The number of nitrogens with one attached hydrogen (secondary N) is 2. The summed E-state index contributed by atoms with van der Waals surface area (Å²) in [6.45, 7) is 1.62. The van der Waals surface area contributed by atoms with Gasteiger partial charge in [-0.25, -0.2) is 0 Å². The predicted molar refractivity (Wildman–Crippen MR) is 97.7 cm³/mol. The van der Waals surface area contributed by atoms with E-state index in [0.717, 1.165) is 0 Å². The monoisotopic (exact) mass is 410 g/mol. The minimum atomic E-state index is -0.764. The zero-order valence-corrected chi connectivity index (χ0v) is 15.4. The Morgan fingerprint density at radius 3 is 2.58 bits per heavy atom. The quantitative estimate of drug-likeness (QED) is 0.785. The van der Waals surface area contributed by atoms with E-state index >= 15 is 0 Å². The number of carbonyl (C=O) groups is 2. The van der Waals surface area contributed by atoms with E-state index in [1.54, 1.807) is 49.4 Å². The summed E-state index contributed by atoms with van der Waals surface area (Å²) in [6, 6.07) is 11.8. The number of rotatable bonds is 5. The molecule has 24 heavy (non-hydrogen) atoms. The maximum atomic E-state index is 12.3. The van der Waals surface area contributed by atoms with Crippen molar-refractivity contribution in [2.45, 2.75) is 13.0 Å². The number of hydrogen-bond acceptors (Lipinski definition) is 3. The number of anilines is 1. The van der Waals surface area contributed by atoms with Crippen LogP contribution in [0.5, 0.6) is 5.75 Å². The smallest absolute Gasteiger partial charge is 0.265 e. The van der Waals surface area contributed by atoms with Crippen molar-refractivity contribution in [3.05, 3.63) is 57.5 Å². The molecule has 2 aromatic rings. The summed E-state index contributed by atoms with van der Waals surface area (Å²) < 4.78 is 6.30. The van der Waals surface area contributed by atoms with Crippen LogP contribution >= 0.6 is 27.5 Å². The molecule has 0 aliphatic rings. The number of benzene rings is 2. The molecule has 0 spiro atoms. The molecular weight excluding hydrogens is 396 g/mol. The number of hydrogen-bond donors (Lipinski definition) is 2. The average molecular weight is 412 g/mol. The molecule has 0 saturated carbocycles. The van der Waals surface area contributed by atoms with Crippen LogP contribution in [0.1, 0.15) is 17.3 Å². The topological polar surface area (TPSA) is 67.4 Å². The predicted octanol–water partition coefficient (Wildman–Crippen LogP) is 3.87. The lowest BCUT2D eigenvalue weighted by Crippen LogP contribution is -2.31. The van der Waals surface area contributed by atoms with Gasteiger partial charge in [-0.2, -0.15) is 0 Å².